The Hall–Kier alpha value is -0.910. The van der Waals surface area contributed by atoms with Gasteiger partial charge in [0.1, 0.15) is 0 Å². The van der Waals surface area contributed by atoms with Crippen LogP contribution >= 0.6 is 0 Å². The lowest BCUT2D eigenvalue weighted by Gasteiger charge is -2.27. The number of nitrogens with one attached hydrogen (secondary N) is 1. The van der Waals surface area contributed by atoms with E-state index in [1.54, 1.807) is 7.11 Å². The minimum Gasteiger partial charge on any atom is -0.383 e. The second kappa shape index (κ2) is 5.84. The number of ether oxygens (including phenoxy) is 2. The van der Waals surface area contributed by atoms with Gasteiger partial charge in [0.05, 0.1) is 29.5 Å². The average molecular weight is 281 g/mol. The second-order valence-electron chi connectivity index (χ2n) is 6.64. The van der Waals surface area contributed by atoms with Crippen molar-refractivity contribution in [2.24, 2.45) is 0 Å². The largest absolute Gasteiger partial charge is 0.383 e. The molecule has 1 fully saturated rings. The minimum atomic E-state index is -0.184. The van der Waals surface area contributed by atoms with Crippen molar-refractivity contribution >= 4 is 0 Å². The number of hydrogen-bond donors (Lipinski definition) is 1. The highest BCUT2D eigenvalue weighted by Crippen LogP contribution is 2.44. The van der Waals surface area contributed by atoms with Crippen LogP contribution in [0.15, 0.2) is 12.3 Å². The molecule has 1 aliphatic rings. The molecule has 5 heteroatoms. The van der Waals surface area contributed by atoms with E-state index < -0.39 is 0 Å². The molecule has 1 saturated heterocycles. The van der Waals surface area contributed by atoms with Crippen LogP contribution in [-0.2, 0) is 16.0 Å². The maximum absolute atomic E-state index is 6.13. The molecule has 2 heterocycles. The first kappa shape index (κ1) is 15.5. The summed E-state index contributed by atoms with van der Waals surface area (Å²) in [5, 5.41) is 8.00. The van der Waals surface area contributed by atoms with Crippen LogP contribution in [0, 0.1) is 0 Å². The molecule has 0 amide bonds. The van der Waals surface area contributed by atoms with E-state index in [-0.39, 0.29) is 17.2 Å². The molecular weight excluding hydrogens is 254 g/mol. The SMILES string of the molecule is COCCNCc1ccn(C2CC(C)(C)OC2(C)C)n1. The van der Waals surface area contributed by atoms with Crippen molar-refractivity contribution in [3.63, 3.8) is 0 Å². The molecule has 20 heavy (non-hydrogen) atoms. The Morgan fingerprint density at radius 3 is 2.80 bits per heavy atom. The summed E-state index contributed by atoms with van der Waals surface area (Å²) >= 11 is 0. The highest BCUT2D eigenvalue weighted by atomic mass is 16.5. The normalized spacial score (nSPS) is 24.1. The molecule has 5 nitrogen and oxygen atoms in total. The topological polar surface area (TPSA) is 48.3 Å². The fourth-order valence-electron chi connectivity index (χ4n) is 2.98. The van der Waals surface area contributed by atoms with Gasteiger partial charge in [-0.3, -0.25) is 4.68 Å². The Kier molecular flexibility index (Phi) is 4.52. The van der Waals surface area contributed by atoms with Crippen LogP contribution < -0.4 is 5.32 Å². The minimum absolute atomic E-state index is 0.0863. The van der Waals surface area contributed by atoms with Crippen LogP contribution in [-0.4, -0.2) is 41.2 Å². The molecule has 0 radical (unpaired) electrons. The van der Waals surface area contributed by atoms with Gasteiger partial charge in [0.2, 0.25) is 0 Å². The van der Waals surface area contributed by atoms with Gasteiger partial charge in [0.15, 0.2) is 0 Å². The smallest absolute Gasteiger partial charge is 0.0857 e. The van der Waals surface area contributed by atoms with Crippen LogP contribution in [0.5, 0.6) is 0 Å². The zero-order chi connectivity index (χ0) is 14.8. The average Bonchev–Trinajstić information content (AvgIpc) is 2.86. The molecule has 1 aromatic heterocycles. The lowest BCUT2D eigenvalue weighted by molar-refractivity contribution is -0.0737. The first-order chi connectivity index (χ1) is 9.34. The van der Waals surface area contributed by atoms with E-state index in [4.69, 9.17) is 9.47 Å². The third-order valence-corrected chi connectivity index (χ3v) is 3.80. The molecule has 1 unspecified atom stereocenters. The van der Waals surface area contributed by atoms with E-state index in [1.807, 2.05) is 0 Å². The summed E-state index contributed by atoms with van der Waals surface area (Å²) in [5.74, 6) is 0. The summed E-state index contributed by atoms with van der Waals surface area (Å²) in [6.45, 7) is 10.9. The Balaban J connectivity index is 1.98. The van der Waals surface area contributed by atoms with Crippen molar-refractivity contribution in [2.75, 3.05) is 20.3 Å². The summed E-state index contributed by atoms with van der Waals surface area (Å²) in [5.41, 5.74) is 0.786. The molecule has 0 saturated carbocycles. The van der Waals surface area contributed by atoms with Crippen molar-refractivity contribution < 1.29 is 9.47 Å². The van der Waals surface area contributed by atoms with Gasteiger partial charge in [-0.2, -0.15) is 5.10 Å². The Labute approximate surface area is 121 Å². The molecule has 2 rings (SSSR count). The Bertz CT molecular complexity index is 440. The molecule has 0 bridgehead atoms. The predicted octanol–water partition coefficient (Wildman–Crippen LogP) is 2.14. The van der Waals surface area contributed by atoms with Crippen molar-refractivity contribution in [3.05, 3.63) is 18.0 Å². The van der Waals surface area contributed by atoms with Gasteiger partial charge in [-0.05, 0) is 33.8 Å². The zero-order valence-corrected chi connectivity index (χ0v) is 13.3. The third kappa shape index (κ3) is 3.59. The standard InChI is InChI=1S/C15H27N3O2/c1-14(2)10-13(15(3,4)20-14)18-8-6-12(17-18)11-16-7-9-19-5/h6,8,13,16H,7,9-11H2,1-5H3. The van der Waals surface area contributed by atoms with Crippen molar-refractivity contribution in [1.82, 2.24) is 15.1 Å². The molecule has 1 N–H and O–H groups in total. The van der Waals surface area contributed by atoms with Gasteiger partial charge in [-0.15, -0.1) is 0 Å². The van der Waals surface area contributed by atoms with Crippen molar-refractivity contribution in [3.8, 4) is 0 Å². The second-order valence-corrected chi connectivity index (χ2v) is 6.64. The fourth-order valence-corrected chi connectivity index (χ4v) is 2.98. The number of nitrogens with zero attached hydrogens (tertiary/aromatic N) is 2. The zero-order valence-electron chi connectivity index (χ0n) is 13.3. The highest BCUT2D eigenvalue weighted by Gasteiger charge is 2.47. The van der Waals surface area contributed by atoms with Crippen LogP contribution in [0.25, 0.3) is 0 Å². The summed E-state index contributed by atoms with van der Waals surface area (Å²) in [6.07, 6.45) is 3.04. The number of hydrogen-bond acceptors (Lipinski definition) is 4. The molecule has 1 atom stereocenters. The Morgan fingerprint density at radius 1 is 1.45 bits per heavy atom. The van der Waals surface area contributed by atoms with Gasteiger partial charge in [-0.1, -0.05) is 0 Å². The molecule has 0 aromatic carbocycles. The van der Waals surface area contributed by atoms with E-state index in [1.165, 1.54) is 0 Å². The third-order valence-electron chi connectivity index (χ3n) is 3.80. The first-order valence-corrected chi connectivity index (χ1v) is 7.28. The molecule has 1 aliphatic heterocycles. The van der Waals surface area contributed by atoms with E-state index >= 15 is 0 Å². The quantitative estimate of drug-likeness (QED) is 0.812. The Morgan fingerprint density at radius 2 is 2.20 bits per heavy atom. The van der Waals surface area contributed by atoms with E-state index in [0.29, 0.717) is 0 Å². The summed E-state index contributed by atoms with van der Waals surface area (Å²) in [6, 6.07) is 2.35. The summed E-state index contributed by atoms with van der Waals surface area (Å²) in [7, 11) is 1.71. The molecule has 0 spiro atoms. The van der Waals surface area contributed by atoms with E-state index in [9.17, 15) is 0 Å². The van der Waals surface area contributed by atoms with Crippen molar-refractivity contribution in [2.45, 2.75) is 57.9 Å². The van der Waals surface area contributed by atoms with E-state index in [0.717, 1.165) is 31.8 Å². The van der Waals surface area contributed by atoms with Gasteiger partial charge < -0.3 is 14.8 Å². The first-order valence-electron chi connectivity index (χ1n) is 7.28. The monoisotopic (exact) mass is 281 g/mol. The van der Waals surface area contributed by atoms with Crippen LogP contribution in [0.2, 0.25) is 0 Å². The van der Waals surface area contributed by atoms with Crippen LogP contribution in [0.1, 0.15) is 45.9 Å². The molecular formula is C15H27N3O2. The van der Waals surface area contributed by atoms with Crippen LogP contribution in [0.4, 0.5) is 0 Å². The number of aromatic nitrogens is 2. The maximum atomic E-state index is 6.13. The number of rotatable bonds is 6. The molecule has 0 aliphatic carbocycles. The van der Waals surface area contributed by atoms with Gasteiger partial charge in [0, 0.05) is 32.8 Å². The summed E-state index contributed by atoms with van der Waals surface area (Å²) < 4.78 is 13.2. The fraction of sp³-hybridized carbons (Fsp3) is 0.800. The lowest BCUT2D eigenvalue weighted by Crippen LogP contribution is -2.31. The van der Waals surface area contributed by atoms with Gasteiger partial charge in [-0.25, -0.2) is 0 Å². The van der Waals surface area contributed by atoms with Gasteiger partial charge in [0.25, 0.3) is 0 Å². The van der Waals surface area contributed by atoms with Gasteiger partial charge >= 0.3 is 0 Å². The highest BCUT2D eigenvalue weighted by molar-refractivity contribution is 5.04. The maximum Gasteiger partial charge on any atom is 0.0857 e. The molecule has 114 valence electrons. The van der Waals surface area contributed by atoms with Crippen molar-refractivity contribution in [1.29, 1.82) is 0 Å². The predicted molar refractivity (Wildman–Crippen MR) is 78.7 cm³/mol. The summed E-state index contributed by atoms with van der Waals surface area (Å²) in [4.78, 5) is 0. The molecule has 1 aromatic rings. The van der Waals surface area contributed by atoms with Crippen LogP contribution in [0.3, 0.4) is 0 Å². The van der Waals surface area contributed by atoms with E-state index in [2.05, 4.69) is 55.1 Å². The lowest BCUT2D eigenvalue weighted by atomic mass is 9.95. The number of methoxy groups -OCH3 is 1.